The van der Waals surface area contributed by atoms with E-state index in [0.29, 0.717) is 12.8 Å². The third-order valence-electron chi connectivity index (χ3n) is 16.4. The van der Waals surface area contributed by atoms with E-state index in [2.05, 4.69) is 31.9 Å². The highest BCUT2D eigenvalue weighted by molar-refractivity contribution is 5.97. The fraction of sp³-hybridized carbons (Fsp3) is 0.830. The lowest BCUT2D eigenvalue weighted by Gasteiger charge is -2.49. The molecule has 0 aromatic rings. The average molecular weight is 1310 g/mol. The van der Waals surface area contributed by atoms with Crippen LogP contribution in [0.4, 0.5) is 0 Å². The van der Waals surface area contributed by atoms with Crippen molar-refractivity contribution >= 4 is 53.2 Å². The number of nitrogens with two attached hydrogens (primary N) is 1. The van der Waals surface area contributed by atoms with E-state index in [4.69, 9.17) is 43.6 Å². The Balaban J connectivity index is 1.31. The minimum absolute atomic E-state index is 0.0178. The summed E-state index contributed by atoms with van der Waals surface area (Å²) >= 11 is 0. The van der Waals surface area contributed by atoms with Gasteiger partial charge in [-0.25, -0.2) is 0 Å². The summed E-state index contributed by atoms with van der Waals surface area (Å²) in [6.07, 6.45) is -35.0. The summed E-state index contributed by atoms with van der Waals surface area (Å²) in [4.78, 5) is 122. The van der Waals surface area contributed by atoms with E-state index in [1.54, 1.807) is 0 Å². The largest absolute Gasteiger partial charge is 0.394 e. The van der Waals surface area contributed by atoms with Crippen molar-refractivity contribution in [1.82, 2.24) is 41.7 Å². The first-order valence-corrected chi connectivity index (χ1v) is 29.6. The fourth-order valence-corrected chi connectivity index (χ4v) is 11.5. The van der Waals surface area contributed by atoms with Gasteiger partial charge < -0.3 is 147 Å². The highest BCUT2D eigenvalue weighted by atomic mass is 16.8. The molecule has 6 heterocycles. The highest BCUT2D eigenvalue weighted by Crippen LogP contribution is 2.34. The Labute approximate surface area is 520 Å². The number of rotatable bonds is 26. The fourth-order valence-electron chi connectivity index (χ4n) is 11.5. The van der Waals surface area contributed by atoms with E-state index >= 15 is 0 Å². The van der Waals surface area contributed by atoms with Crippen LogP contribution in [0.2, 0.25) is 0 Å². The number of hydrogen-bond donors (Lipinski definition) is 19. The molecule has 0 aromatic carbocycles. The second-order valence-electron chi connectivity index (χ2n) is 23.1. The summed E-state index contributed by atoms with van der Waals surface area (Å²) in [5, 5.41) is 143. The van der Waals surface area contributed by atoms with Gasteiger partial charge in [-0.05, 0) is 46.5 Å². The Bertz CT molecular complexity index is 2530. The van der Waals surface area contributed by atoms with Crippen LogP contribution < -0.4 is 37.6 Å². The lowest BCUT2D eigenvalue weighted by atomic mass is 9.94. The summed E-state index contributed by atoms with van der Waals surface area (Å²) in [5.74, 6) is -7.76. The van der Waals surface area contributed by atoms with Crippen molar-refractivity contribution < 1.29 is 142 Å². The Morgan fingerprint density at radius 3 is 1.57 bits per heavy atom. The van der Waals surface area contributed by atoms with Crippen molar-refractivity contribution in [3.63, 3.8) is 0 Å². The molecule has 0 saturated carbocycles. The highest BCUT2D eigenvalue weighted by Gasteiger charge is 2.56. The number of ether oxygens (including phenoxy) is 8. The van der Waals surface area contributed by atoms with Crippen molar-refractivity contribution in [2.75, 3.05) is 46.1 Å². The molecule has 0 aliphatic carbocycles. The summed E-state index contributed by atoms with van der Waals surface area (Å²) < 4.78 is 47.4. The number of carbonyl (C=O) groups is 9. The Hall–Kier alpha value is -5.57. The Kier molecular flexibility index (Phi) is 27.0. The predicted octanol–water partition coefficient (Wildman–Crippen LogP) is -12.6. The molecular formula is C53H87N9O29. The van der Waals surface area contributed by atoms with Crippen LogP contribution in [0, 0.1) is 0 Å². The van der Waals surface area contributed by atoms with Crippen LogP contribution in [0.15, 0.2) is 0 Å². The summed E-state index contributed by atoms with van der Waals surface area (Å²) in [6, 6.07) is -12.0. The quantitative estimate of drug-likeness (QED) is 0.0382. The van der Waals surface area contributed by atoms with E-state index in [0.717, 1.165) is 27.7 Å². The maximum Gasteiger partial charge on any atom is 0.246 e. The zero-order chi connectivity index (χ0) is 67.6. The molecule has 6 saturated heterocycles. The second kappa shape index (κ2) is 33.0. The minimum atomic E-state index is -2.16. The van der Waals surface area contributed by atoms with Crippen molar-refractivity contribution in [2.24, 2.45) is 5.73 Å². The van der Waals surface area contributed by atoms with Gasteiger partial charge in [-0.2, -0.15) is 0 Å². The van der Waals surface area contributed by atoms with E-state index in [1.165, 1.54) is 23.6 Å². The SMILES string of the molecule is CC(=O)NC(CO)C(=O)NC(C(=O)NC(C)C(=O)N1CCCC1C(=O)N1CCCC1C(=O)NC(C)C(N)=O)C(C)O[C@H]1OC(CO[C@@H]2OC(CO)[C@@H](O[C@@H]3OC(CO)[C@H](O)[C@H](O)C3O)[C@H](O)C2NC(C)=O)[C@H](O)[C@H](O[C@@H]2OC(CO)[C@H](O)[C@H](O)C2O)C1NC(C)=O. The van der Waals surface area contributed by atoms with Gasteiger partial charge in [-0.15, -0.1) is 0 Å². The smallest absolute Gasteiger partial charge is 0.246 e. The van der Waals surface area contributed by atoms with E-state index in [9.17, 15) is 104 Å². The first-order valence-electron chi connectivity index (χ1n) is 29.6. The van der Waals surface area contributed by atoms with Gasteiger partial charge in [0.25, 0.3) is 0 Å². The molecule has 15 unspecified atom stereocenters. The van der Waals surface area contributed by atoms with Crippen molar-refractivity contribution in [1.29, 1.82) is 0 Å². The third kappa shape index (κ3) is 17.8. The molecule has 0 aromatic heterocycles. The van der Waals surface area contributed by atoms with Crippen molar-refractivity contribution in [3.05, 3.63) is 0 Å². The van der Waals surface area contributed by atoms with Gasteiger partial charge in [0.2, 0.25) is 53.2 Å². The van der Waals surface area contributed by atoms with Crippen molar-refractivity contribution in [2.45, 2.75) is 232 Å². The number of carbonyl (C=O) groups excluding carboxylic acids is 9. The lowest BCUT2D eigenvalue weighted by molar-refractivity contribution is -0.359. The minimum Gasteiger partial charge on any atom is -0.394 e. The molecule has 91 heavy (non-hydrogen) atoms. The number of nitrogens with one attached hydrogen (secondary N) is 6. The number of primary amides is 1. The maximum absolute atomic E-state index is 14.7. The summed E-state index contributed by atoms with van der Waals surface area (Å²) in [6.45, 7) is 2.16. The van der Waals surface area contributed by atoms with Gasteiger partial charge in [-0.3, -0.25) is 43.2 Å². The molecule has 6 aliphatic heterocycles. The summed E-state index contributed by atoms with van der Waals surface area (Å²) in [5.41, 5.74) is 5.33. The Morgan fingerprint density at radius 2 is 1.04 bits per heavy atom. The number of aliphatic hydroxyl groups excluding tert-OH is 12. The van der Waals surface area contributed by atoms with Gasteiger partial charge in [0.15, 0.2) is 25.2 Å². The molecule has 20 N–H and O–H groups in total. The van der Waals surface area contributed by atoms with Gasteiger partial charge in [-0.1, -0.05) is 0 Å². The van der Waals surface area contributed by atoms with Crippen LogP contribution in [-0.2, 0) is 81.0 Å². The number of hydrogen-bond acceptors (Lipinski definition) is 29. The van der Waals surface area contributed by atoms with Gasteiger partial charge >= 0.3 is 0 Å². The number of aliphatic hydroxyl groups is 12. The van der Waals surface area contributed by atoms with Crippen molar-refractivity contribution in [3.8, 4) is 0 Å². The molecule has 0 bridgehead atoms. The number of amides is 9. The molecular weight excluding hydrogens is 1230 g/mol. The lowest BCUT2D eigenvalue weighted by Crippen LogP contribution is -2.70. The van der Waals surface area contributed by atoms with Crippen LogP contribution in [-0.4, -0.2) is 335 Å². The van der Waals surface area contributed by atoms with Gasteiger partial charge in [0, 0.05) is 33.9 Å². The predicted molar refractivity (Wildman–Crippen MR) is 296 cm³/mol. The normalized spacial score (nSPS) is 36.8. The second-order valence-corrected chi connectivity index (χ2v) is 23.1. The van der Waals surface area contributed by atoms with E-state index < -0.39 is 251 Å². The molecule has 0 spiro atoms. The topological polar surface area (TPSA) is 575 Å². The first kappa shape index (κ1) is 74.5. The number of likely N-dealkylation sites (tertiary alicyclic amines) is 2. The molecule has 518 valence electrons. The van der Waals surface area contributed by atoms with Crippen LogP contribution in [0.3, 0.4) is 0 Å². The van der Waals surface area contributed by atoms with Crippen LogP contribution in [0.25, 0.3) is 0 Å². The van der Waals surface area contributed by atoms with Crippen LogP contribution >= 0.6 is 0 Å². The maximum atomic E-state index is 14.7. The molecule has 6 aliphatic rings. The molecule has 0 radical (unpaired) electrons. The zero-order valence-corrected chi connectivity index (χ0v) is 50.6. The average Bonchev–Trinajstić information content (AvgIpc) is 1.17. The zero-order valence-electron chi connectivity index (χ0n) is 50.6. The van der Waals surface area contributed by atoms with Gasteiger partial charge in [0.05, 0.1) is 39.1 Å². The third-order valence-corrected chi connectivity index (χ3v) is 16.4. The molecule has 9 amide bonds. The molecule has 38 nitrogen and oxygen atoms in total. The molecule has 6 fully saturated rings. The Morgan fingerprint density at radius 1 is 0.527 bits per heavy atom. The molecule has 6 rings (SSSR count). The molecule has 27 atom stereocenters. The first-order chi connectivity index (χ1) is 42.9. The number of nitrogens with zero attached hydrogens (tertiary/aromatic N) is 2. The van der Waals surface area contributed by atoms with E-state index in [-0.39, 0.29) is 25.9 Å². The van der Waals surface area contributed by atoms with Crippen LogP contribution in [0.5, 0.6) is 0 Å². The molecule has 38 heteroatoms. The van der Waals surface area contributed by atoms with Crippen LogP contribution in [0.1, 0.15) is 67.2 Å². The monoisotopic (exact) mass is 1310 g/mol. The van der Waals surface area contributed by atoms with Gasteiger partial charge in [0.1, 0.15) is 134 Å². The van der Waals surface area contributed by atoms with E-state index in [1.807, 2.05) is 0 Å². The standard InChI is InChI=1S/C53H87N9O29/c1-18(44(54)78)55-46(80)25-9-7-11-61(25)49(83)26-10-8-12-62(26)48(82)19(2)56-47(81)31(60-45(79)24(13-63)57-21(4)67)20(3)85-51-33(59-23(6)69)43(91-53-41(77)39(75)35(71)28(15-65)87-53)36(72)30(89-51)17-84-50-32(58-22(5)68)37(73)42(29(16-66)88-50)90-52-40(76)38(74)34(70)27(14-64)86-52/h18-20,24-43,50-53,63-66,70-77H,7-17H2,1-6H3,(H2,54,78)(H,55,80)(H,56,81)(H,57,67)(H,58,68)(H,59,69)(H,60,79)/t18?,19?,20?,24?,25?,26?,27?,28?,29?,30?,31?,32?,33?,34-,35-,36-,37+,38-,39-,40?,41?,42+,43+,50+,51-,52-,53-/m0/s1. The summed E-state index contributed by atoms with van der Waals surface area (Å²) in [7, 11) is 0.